The van der Waals surface area contributed by atoms with E-state index in [0.717, 1.165) is 12.1 Å². The van der Waals surface area contributed by atoms with Crippen molar-refractivity contribution in [3.8, 4) is 11.5 Å². The summed E-state index contributed by atoms with van der Waals surface area (Å²) in [4.78, 5) is 15.0. The average Bonchev–Trinajstić information content (AvgIpc) is 2.76. The van der Waals surface area contributed by atoms with Gasteiger partial charge in [0.1, 0.15) is 11.5 Å². The first-order valence-electron chi connectivity index (χ1n) is 5.75. The molecular weight excluding hydrogens is 252 g/mol. The van der Waals surface area contributed by atoms with Crippen LogP contribution < -0.4 is 0 Å². The maximum Gasteiger partial charge on any atom is 0.227 e. The van der Waals surface area contributed by atoms with Crippen molar-refractivity contribution in [2.24, 2.45) is 0 Å². The lowest BCUT2D eigenvalue weighted by atomic mass is 9.92. The van der Waals surface area contributed by atoms with Crippen molar-refractivity contribution in [3.05, 3.63) is 41.3 Å². The van der Waals surface area contributed by atoms with Gasteiger partial charge in [0, 0.05) is 11.0 Å². The summed E-state index contributed by atoms with van der Waals surface area (Å²) in [5.41, 5.74) is 0.0600. The lowest BCUT2D eigenvalue weighted by molar-refractivity contribution is 0.111. The number of carbonyl (C=O) groups excluding carboxylic acids is 1. The summed E-state index contributed by atoms with van der Waals surface area (Å²) < 4.78 is 31.6. The Morgan fingerprint density at radius 2 is 1.89 bits per heavy atom. The van der Waals surface area contributed by atoms with E-state index in [2.05, 4.69) is 4.98 Å². The lowest BCUT2D eigenvalue weighted by Gasteiger charge is -2.14. The molecule has 19 heavy (non-hydrogen) atoms. The normalized spacial score (nSPS) is 11.6. The molecule has 1 aromatic heterocycles. The second-order valence-corrected chi connectivity index (χ2v) is 5.23. The first kappa shape index (κ1) is 13.4. The fourth-order valence-corrected chi connectivity index (χ4v) is 1.70. The molecule has 0 N–H and O–H groups in total. The number of rotatable bonds is 2. The van der Waals surface area contributed by atoms with Crippen LogP contribution in [0.25, 0.3) is 11.5 Å². The SMILES string of the molecule is CC(C)(C)c1oc(-c2ccc(F)c(F)c2)nc1C=O. The Morgan fingerprint density at radius 1 is 1.21 bits per heavy atom. The molecule has 0 spiro atoms. The summed E-state index contributed by atoms with van der Waals surface area (Å²) in [6.07, 6.45) is 0.591. The standard InChI is InChI=1S/C14H13F2NO2/c1-14(2,3)12-11(7-18)17-13(19-12)8-4-5-9(15)10(16)6-8/h4-7H,1-3H3. The molecule has 0 saturated carbocycles. The average molecular weight is 265 g/mol. The van der Waals surface area contributed by atoms with Gasteiger partial charge in [-0.3, -0.25) is 4.79 Å². The van der Waals surface area contributed by atoms with Crippen LogP contribution >= 0.6 is 0 Å². The fourth-order valence-electron chi connectivity index (χ4n) is 1.70. The van der Waals surface area contributed by atoms with Gasteiger partial charge in [0.25, 0.3) is 0 Å². The van der Waals surface area contributed by atoms with Crippen LogP contribution in [0, 0.1) is 11.6 Å². The molecule has 3 nitrogen and oxygen atoms in total. The summed E-state index contributed by atoms with van der Waals surface area (Å²) in [5, 5.41) is 0. The predicted octanol–water partition coefficient (Wildman–Crippen LogP) is 3.73. The molecule has 0 aliphatic carbocycles. The molecule has 0 unspecified atom stereocenters. The van der Waals surface area contributed by atoms with Crippen LogP contribution in [0.3, 0.4) is 0 Å². The molecule has 0 radical (unpaired) electrons. The van der Waals surface area contributed by atoms with Gasteiger partial charge in [0.2, 0.25) is 5.89 Å². The minimum Gasteiger partial charge on any atom is -0.440 e. The fraction of sp³-hybridized carbons (Fsp3) is 0.286. The van der Waals surface area contributed by atoms with Crippen molar-refractivity contribution in [2.45, 2.75) is 26.2 Å². The maximum atomic E-state index is 13.2. The highest BCUT2D eigenvalue weighted by Gasteiger charge is 2.25. The van der Waals surface area contributed by atoms with E-state index in [1.165, 1.54) is 6.07 Å². The second-order valence-electron chi connectivity index (χ2n) is 5.23. The number of carbonyl (C=O) groups is 1. The highest BCUT2D eigenvalue weighted by Crippen LogP contribution is 2.30. The van der Waals surface area contributed by atoms with E-state index >= 15 is 0 Å². The molecule has 0 atom stereocenters. The van der Waals surface area contributed by atoms with E-state index in [4.69, 9.17) is 4.42 Å². The molecule has 5 heteroatoms. The summed E-state index contributed by atoms with van der Waals surface area (Å²) in [5.74, 6) is -1.41. The molecule has 0 fully saturated rings. The van der Waals surface area contributed by atoms with Gasteiger partial charge in [-0.15, -0.1) is 0 Å². The third-order valence-electron chi connectivity index (χ3n) is 2.61. The molecule has 0 saturated heterocycles. The molecule has 2 rings (SSSR count). The van der Waals surface area contributed by atoms with Crippen molar-refractivity contribution in [3.63, 3.8) is 0 Å². The van der Waals surface area contributed by atoms with Gasteiger partial charge in [0.15, 0.2) is 17.9 Å². The molecule has 0 bridgehead atoms. The largest absolute Gasteiger partial charge is 0.440 e. The van der Waals surface area contributed by atoms with Gasteiger partial charge < -0.3 is 4.42 Å². The summed E-state index contributed by atoms with van der Waals surface area (Å²) in [6, 6.07) is 3.33. The predicted molar refractivity (Wildman–Crippen MR) is 65.9 cm³/mol. The zero-order valence-corrected chi connectivity index (χ0v) is 10.8. The van der Waals surface area contributed by atoms with Crippen molar-refractivity contribution in [1.29, 1.82) is 0 Å². The zero-order valence-electron chi connectivity index (χ0n) is 10.8. The van der Waals surface area contributed by atoms with E-state index < -0.39 is 17.0 Å². The molecule has 1 heterocycles. The van der Waals surface area contributed by atoms with E-state index in [1.54, 1.807) is 0 Å². The number of aldehydes is 1. The van der Waals surface area contributed by atoms with Crippen LogP contribution in [0.5, 0.6) is 0 Å². The van der Waals surface area contributed by atoms with Crippen molar-refractivity contribution >= 4 is 6.29 Å². The van der Waals surface area contributed by atoms with Crippen LogP contribution in [0.1, 0.15) is 37.0 Å². The van der Waals surface area contributed by atoms with E-state index in [-0.39, 0.29) is 17.1 Å². The van der Waals surface area contributed by atoms with Gasteiger partial charge in [-0.1, -0.05) is 20.8 Å². The van der Waals surface area contributed by atoms with Crippen LogP contribution in [-0.2, 0) is 5.41 Å². The van der Waals surface area contributed by atoms with Crippen molar-refractivity contribution in [2.75, 3.05) is 0 Å². The lowest BCUT2D eigenvalue weighted by Crippen LogP contribution is -2.12. The molecule has 0 aliphatic heterocycles. The smallest absolute Gasteiger partial charge is 0.227 e. The van der Waals surface area contributed by atoms with E-state index in [9.17, 15) is 13.6 Å². The number of nitrogens with zero attached hydrogens (tertiary/aromatic N) is 1. The Bertz CT molecular complexity index is 627. The first-order chi connectivity index (χ1) is 8.82. The van der Waals surface area contributed by atoms with Crippen LogP contribution in [0.15, 0.2) is 22.6 Å². The van der Waals surface area contributed by atoms with E-state index in [0.29, 0.717) is 12.0 Å². The monoisotopic (exact) mass is 265 g/mol. The van der Waals surface area contributed by atoms with Gasteiger partial charge in [-0.2, -0.15) is 0 Å². The number of halogens is 2. The third-order valence-corrected chi connectivity index (χ3v) is 2.61. The van der Waals surface area contributed by atoms with Crippen LogP contribution in [-0.4, -0.2) is 11.3 Å². The van der Waals surface area contributed by atoms with Gasteiger partial charge >= 0.3 is 0 Å². The molecule has 0 amide bonds. The number of aromatic nitrogens is 1. The minimum atomic E-state index is -0.985. The van der Waals surface area contributed by atoms with Crippen molar-refractivity contribution in [1.82, 2.24) is 4.98 Å². The number of benzene rings is 1. The molecule has 2 aromatic rings. The van der Waals surface area contributed by atoms with Gasteiger partial charge in [-0.05, 0) is 18.2 Å². The maximum absolute atomic E-state index is 13.2. The Labute approximate surface area is 109 Å². The van der Waals surface area contributed by atoms with Crippen LogP contribution in [0.2, 0.25) is 0 Å². The molecule has 0 aliphatic rings. The summed E-state index contributed by atoms with van der Waals surface area (Å²) in [7, 11) is 0. The van der Waals surface area contributed by atoms with Crippen LogP contribution in [0.4, 0.5) is 8.78 Å². The Kier molecular flexibility index (Phi) is 3.22. The molecular formula is C14H13F2NO2. The Balaban J connectivity index is 2.54. The Hall–Kier alpha value is -2.04. The quantitative estimate of drug-likeness (QED) is 0.777. The molecule has 1 aromatic carbocycles. The number of hydrogen-bond donors (Lipinski definition) is 0. The first-order valence-corrected chi connectivity index (χ1v) is 5.75. The summed E-state index contributed by atoms with van der Waals surface area (Å²) in [6.45, 7) is 5.61. The van der Waals surface area contributed by atoms with Gasteiger partial charge in [0.05, 0.1) is 0 Å². The summed E-state index contributed by atoms with van der Waals surface area (Å²) >= 11 is 0. The van der Waals surface area contributed by atoms with E-state index in [1.807, 2.05) is 20.8 Å². The second kappa shape index (κ2) is 4.57. The highest BCUT2D eigenvalue weighted by atomic mass is 19.2. The number of oxazole rings is 1. The highest BCUT2D eigenvalue weighted by molar-refractivity contribution is 5.75. The number of hydrogen-bond acceptors (Lipinski definition) is 3. The topological polar surface area (TPSA) is 43.1 Å². The Morgan fingerprint density at radius 3 is 2.37 bits per heavy atom. The van der Waals surface area contributed by atoms with Crippen molar-refractivity contribution < 1.29 is 18.0 Å². The molecule has 100 valence electrons. The third kappa shape index (κ3) is 2.54. The zero-order chi connectivity index (χ0) is 14.2. The minimum absolute atomic E-state index is 0.103. The van der Waals surface area contributed by atoms with Gasteiger partial charge in [-0.25, -0.2) is 13.8 Å².